The molecule has 0 spiro atoms. The number of anilines is 4. The highest BCUT2D eigenvalue weighted by atomic mass is 32.2. The Hall–Kier alpha value is -2.96. The lowest BCUT2D eigenvalue weighted by Crippen LogP contribution is -2.22. The lowest BCUT2D eigenvalue weighted by molar-refractivity contribution is 0.600. The first kappa shape index (κ1) is 20.9. The third kappa shape index (κ3) is 4.61. The molecule has 2 N–H and O–H groups in total. The molecule has 2 aromatic heterocycles. The van der Waals surface area contributed by atoms with Crippen LogP contribution in [0.3, 0.4) is 0 Å². The molecule has 2 heterocycles. The zero-order valence-corrected chi connectivity index (χ0v) is 19.2. The van der Waals surface area contributed by atoms with E-state index in [1.54, 1.807) is 17.0 Å². The first-order valence-electron chi connectivity index (χ1n) is 11.0. The van der Waals surface area contributed by atoms with Crippen LogP contribution in [0.15, 0.2) is 30.5 Å². The highest BCUT2D eigenvalue weighted by Gasteiger charge is 2.25. The maximum absolute atomic E-state index is 12.0. The minimum Gasteiger partial charge on any atom is -0.616 e. The Morgan fingerprint density at radius 1 is 1.28 bits per heavy atom. The zero-order chi connectivity index (χ0) is 22.2. The molecule has 32 heavy (non-hydrogen) atoms. The van der Waals surface area contributed by atoms with Gasteiger partial charge in [-0.25, -0.2) is 4.98 Å². The van der Waals surface area contributed by atoms with Gasteiger partial charge in [0, 0.05) is 42.6 Å². The van der Waals surface area contributed by atoms with E-state index in [0.29, 0.717) is 28.8 Å². The Morgan fingerprint density at radius 3 is 2.78 bits per heavy atom. The van der Waals surface area contributed by atoms with Gasteiger partial charge >= 0.3 is 0 Å². The number of hydrogen-bond acceptors (Lipinski definition) is 7. The second-order valence-corrected chi connectivity index (χ2v) is 10.3. The van der Waals surface area contributed by atoms with E-state index in [2.05, 4.69) is 50.9 Å². The van der Waals surface area contributed by atoms with E-state index >= 15 is 0 Å². The number of aromatic nitrogens is 3. The van der Waals surface area contributed by atoms with Crippen molar-refractivity contribution < 1.29 is 4.55 Å². The Bertz CT molecular complexity index is 1180. The molecule has 1 aromatic carbocycles. The molecule has 2 aliphatic rings. The van der Waals surface area contributed by atoms with Gasteiger partial charge in [0.15, 0.2) is 5.65 Å². The van der Waals surface area contributed by atoms with Crippen LogP contribution in [0.2, 0.25) is 0 Å². The fraction of sp³-hybridized carbons (Fsp3) is 0.435. The van der Waals surface area contributed by atoms with Crippen LogP contribution >= 0.6 is 0 Å². The van der Waals surface area contributed by atoms with Crippen molar-refractivity contribution in [1.29, 1.82) is 5.26 Å². The average Bonchev–Trinajstić information content (AvgIpc) is 3.68. The quantitative estimate of drug-likeness (QED) is 0.481. The molecule has 0 saturated heterocycles. The number of benzene rings is 1. The molecule has 9 heteroatoms. The SMILES string of the molecule is CN(CC1CC1)c1ccc(Nc2cc(NC3CC3)n3ncc(C#N)c3n2)cc1C[S+](C)[O-]. The van der Waals surface area contributed by atoms with Crippen LogP contribution in [-0.4, -0.2) is 45.0 Å². The van der Waals surface area contributed by atoms with Crippen LogP contribution in [0.5, 0.6) is 0 Å². The van der Waals surface area contributed by atoms with E-state index in [1.807, 2.05) is 12.1 Å². The van der Waals surface area contributed by atoms with Crippen molar-refractivity contribution in [3.8, 4) is 6.07 Å². The van der Waals surface area contributed by atoms with E-state index < -0.39 is 11.2 Å². The number of nitrogens with zero attached hydrogens (tertiary/aromatic N) is 5. The summed E-state index contributed by atoms with van der Waals surface area (Å²) in [5.41, 5.74) is 4.02. The summed E-state index contributed by atoms with van der Waals surface area (Å²) in [6.07, 6.45) is 8.13. The minimum absolute atomic E-state index is 0.437. The van der Waals surface area contributed by atoms with E-state index in [9.17, 15) is 9.81 Å². The van der Waals surface area contributed by atoms with Gasteiger partial charge in [0.05, 0.1) is 12.5 Å². The Labute approximate surface area is 190 Å². The third-order valence-corrected chi connectivity index (χ3v) is 6.59. The predicted octanol–water partition coefficient (Wildman–Crippen LogP) is 3.64. The predicted molar refractivity (Wildman–Crippen MR) is 128 cm³/mol. The highest BCUT2D eigenvalue weighted by Crippen LogP contribution is 2.34. The number of hydrogen-bond donors (Lipinski definition) is 2. The van der Waals surface area contributed by atoms with Gasteiger partial charge < -0.3 is 20.1 Å². The zero-order valence-electron chi connectivity index (χ0n) is 18.3. The van der Waals surface area contributed by atoms with Gasteiger partial charge in [-0.3, -0.25) is 0 Å². The molecular formula is C23H27N7OS. The summed E-state index contributed by atoms with van der Waals surface area (Å²) >= 11 is -0.944. The maximum Gasteiger partial charge on any atom is 0.177 e. The Balaban J connectivity index is 1.46. The third-order valence-electron chi connectivity index (χ3n) is 5.87. The largest absolute Gasteiger partial charge is 0.616 e. The monoisotopic (exact) mass is 449 g/mol. The molecule has 0 radical (unpaired) electrons. The van der Waals surface area contributed by atoms with E-state index in [-0.39, 0.29) is 0 Å². The number of nitrogens with one attached hydrogen (secondary N) is 2. The summed E-state index contributed by atoms with van der Waals surface area (Å²) in [6, 6.07) is 10.7. The summed E-state index contributed by atoms with van der Waals surface area (Å²) in [5.74, 6) is 2.73. The van der Waals surface area contributed by atoms with Crippen molar-refractivity contribution in [2.75, 3.05) is 35.4 Å². The molecule has 0 aliphatic heterocycles. The van der Waals surface area contributed by atoms with Gasteiger partial charge in [-0.2, -0.15) is 14.9 Å². The Morgan fingerprint density at radius 2 is 2.09 bits per heavy atom. The summed E-state index contributed by atoms with van der Waals surface area (Å²) in [5, 5.41) is 20.6. The molecule has 2 fully saturated rings. The smallest absolute Gasteiger partial charge is 0.177 e. The van der Waals surface area contributed by atoms with Gasteiger partial charge in [-0.05, 0) is 49.8 Å². The van der Waals surface area contributed by atoms with Gasteiger partial charge in [-0.15, -0.1) is 0 Å². The molecule has 5 rings (SSSR count). The summed E-state index contributed by atoms with van der Waals surface area (Å²) in [7, 11) is 2.11. The second-order valence-electron chi connectivity index (χ2n) is 8.86. The van der Waals surface area contributed by atoms with Crippen molar-refractivity contribution in [1.82, 2.24) is 14.6 Å². The normalized spacial score (nSPS) is 16.6. The first-order chi connectivity index (χ1) is 15.5. The van der Waals surface area contributed by atoms with Crippen molar-refractivity contribution in [3.63, 3.8) is 0 Å². The van der Waals surface area contributed by atoms with Gasteiger partial charge in [0.25, 0.3) is 0 Å². The molecule has 2 aliphatic carbocycles. The van der Waals surface area contributed by atoms with Crippen LogP contribution in [0.4, 0.5) is 23.0 Å². The van der Waals surface area contributed by atoms with Crippen LogP contribution in [-0.2, 0) is 16.9 Å². The molecule has 3 aromatic rings. The van der Waals surface area contributed by atoms with Crippen LogP contribution < -0.4 is 15.5 Å². The van der Waals surface area contributed by atoms with E-state index in [0.717, 1.165) is 48.1 Å². The van der Waals surface area contributed by atoms with Gasteiger partial charge in [0.2, 0.25) is 0 Å². The van der Waals surface area contributed by atoms with Crippen molar-refractivity contribution in [2.45, 2.75) is 37.5 Å². The molecule has 166 valence electrons. The van der Waals surface area contributed by atoms with E-state index in [1.165, 1.54) is 12.8 Å². The average molecular weight is 450 g/mol. The van der Waals surface area contributed by atoms with Crippen LogP contribution in [0.25, 0.3) is 5.65 Å². The highest BCUT2D eigenvalue weighted by molar-refractivity contribution is 7.89. The van der Waals surface area contributed by atoms with Crippen molar-refractivity contribution in [2.24, 2.45) is 5.92 Å². The molecule has 8 nitrogen and oxygen atoms in total. The second kappa shape index (κ2) is 8.52. The summed E-state index contributed by atoms with van der Waals surface area (Å²) < 4.78 is 13.7. The first-order valence-corrected chi connectivity index (χ1v) is 12.7. The lowest BCUT2D eigenvalue weighted by Gasteiger charge is -2.23. The Kier molecular flexibility index (Phi) is 5.57. The molecule has 2 saturated carbocycles. The van der Waals surface area contributed by atoms with E-state index in [4.69, 9.17) is 0 Å². The summed E-state index contributed by atoms with van der Waals surface area (Å²) in [6.45, 7) is 1.03. The fourth-order valence-corrected chi connectivity index (χ4v) is 4.62. The molecule has 1 unspecified atom stereocenters. The summed E-state index contributed by atoms with van der Waals surface area (Å²) in [4.78, 5) is 6.92. The number of fused-ring (bicyclic) bond motifs is 1. The standard InChI is InChI=1S/C23H27N7OS/c1-29(13-15-3-4-15)20-8-7-19(9-16(20)14-32(2)31)26-21-10-22(27-18-5-6-18)30-23(28-21)17(11-24)12-25-30/h7-10,12,15,18,27H,3-6,13-14H2,1-2H3,(H,26,28). The lowest BCUT2D eigenvalue weighted by atomic mass is 10.1. The van der Waals surface area contributed by atoms with Gasteiger partial charge in [0.1, 0.15) is 29.0 Å². The molecule has 0 amide bonds. The molecular weight excluding hydrogens is 422 g/mol. The van der Waals surface area contributed by atoms with Crippen molar-refractivity contribution in [3.05, 3.63) is 41.6 Å². The maximum atomic E-state index is 12.0. The molecule has 0 bridgehead atoms. The topological polar surface area (TPSA) is 104 Å². The fourth-order valence-electron chi connectivity index (χ4n) is 3.95. The number of rotatable bonds is 9. The molecule has 1 atom stereocenters. The van der Waals surface area contributed by atoms with Gasteiger partial charge in [-0.1, -0.05) is 11.2 Å². The van der Waals surface area contributed by atoms with Crippen molar-refractivity contribution >= 4 is 39.8 Å². The van der Waals surface area contributed by atoms with Crippen LogP contribution in [0, 0.1) is 17.2 Å². The minimum atomic E-state index is -0.944. The van der Waals surface area contributed by atoms with Crippen LogP contribution in [0.1, 0.15) is 36.8 Å². The number of nitriles is 1.